The fraction of sp³-hybridized carbons (Fsp3) is 0.267. The Hall–Kier alpha value is -1.81. The Labute approximate surface area is 109 Å². The van der Waals surface area contributed by atoms with Crippen molar-refractivity contribution in [1.82, 2.24) is 4.98 Å². The zero-order chi connectivity index (χ0) is 13.4. The van der Waals surface area contributed by atoms with Crippen molar-refractivity contribution in [3.8, 4) is 0 Å². The van der Waals surface area contributed by atoms with Gasteiger partial charge in [0.25, 0.3) is 0 Å². The molecule has 0 saturated carbocycles. The zero-order valence-corrected chi connectivity index (χ0v) is 10.2. The second-order valence-corrected chi connectivity index (χ2v) is 4.80. The number of aliphatic hydroxyl groups is 1. The van der Waals surface area contributed by atoms with E-state index in [0.29, 0.717) is 0 Å². The summed E-state index contributed by atoms with van der Waals surface area (Å²) in [5.41, 5.74) is 2.04. The summed E-state index contributed by atoms with van der Waals surface area (Å²) in [5, 5.41) is 10.3. The quantitative estimate of drug-likeness (QED) is 0.901. The summed E-state index contributed by atoms with van der Waals surface area (Å²) in [6.07, 6.45) is 2.24. The van der Waals surface area contributed by atoms with Gasteiger partial charge in [-0.15, -0.1) is 0 Å². The Bertz CT molecular complexity index is 615. The molecule has 0 bridgehead atoms. The minimum absolute atomic E-state index is 0.130. The van der Waals surface area contributed by atoms with Crippen molar-refractivity contribution < 1.29 is 13.9 Å². The molecule has 0 aliphatic heterocycles. The second-order valence-electron chi connectivity index (χ2n) is 4.80. The van der Waals surface area contributed by atoms with E-state index in [0.717, 1.165) is 36.2 Å². The Morgan fingerprint density at radius 1 is 1.26 bits per heavy atom. The summed E-state index contributed by atoms with van der Waals surface area (Å²) in [6, 6.07) is 7.08. The molecular formula is C15H13F2NO. The molecule has 98 valence electrons. The van der Waals surface area contributed by atoms with Gasteiger partial charge in [-0.1, -0.05) is 12.1 Å². The highest BCUT2D eigenvalue weighted by molar-refractivity contribution is 5.33. The summed E-state index contributed by atoms with van der Waals surface area (Å²) >= 11 is 0. The minimum Gasteiger partial charge on any atom is -0.388 e. The number of halogens is 2. The highest BCUT2D eigenvalue weighted by atomic mass is 19.1. The SMILES string of the molecule is OC(c1ccc(F)cc1F)C1CCc2cccnc21. The number of nitrogens with zero attached hydrogens (tertiary/aromatic N) is 1. The molecule has 1 aromatic carbocycles. The predicted octanol–water partition coefficient (Wildman–Crippen LogP) is 3.12. The molecule has 2 aromatic rings. The first kappa shape index (κ1) is 12.2. The van der Waals surface area contributed by atoms with Gasteiger partial charge in [-0.3, -0.25) is 4.98 Å². The molecule has 1 aliphatic rings. The normalized spacial score (nSPS) is 19.2. The summed E-state index contributed by atoms with van der Waals surface area (Å²) in [6.45, 7) is 0. The lowest BCUT2D eigenvalue weighted by molar-refractivity contribution is 0.139. The van der Waals surface area contributed by atoms with Crippen LogP contribution in [-0.2, 0) is 6.42 Å². The van der Waals surface area contributed by atoms with E-state index in [1.54, 1.807) is 6.20 Å². The molecule has 2 unspecified atom stereocenters. The van der Waals surface area contributed by atoms with Crippen LogP contribution in [0.15, 0.2) is 36.5 Å². The molecule has 1 heterocycles. The molecule has 2 nitrogen and oxygen atoms in total. The van der Waals surface area contributed by atoms with Crippen molar-refractivity contribution in [2.24, 2.45) is 0 Å². The second kappa shape index (κ2) is 4.70. The van der Waals surface area contributed by atoms with E-state index in [1.165, 1.54) is 6.07 Å². The maximum absolute atomic E-state index is 13.7. The lowest BCUT2D eigenvalue weighted by Crippen LogP contribution is -2.11. The third-order valence-corrected chi connectivity index (χ3v) is 3.66. The van der Waals surface area contributed by atoms with E-state index in [1.807, 2.05) is 12.1 Å². The van der Waals surface area contributed by atoms with E-state index in [-0.39, 0.29) is 11.5 Å². The van der Waals surface area contributed by atoms with Gasteiger partial charge < -0.3 is 5.11 Å². The molecule has 1 aliphatic carbocycles. The fourth-order valence-electron chi connectivity index (χ4n) is 2.71. The smallest absolute Gasteiger partial charge is 0.131 e. The average Bonchev–Trinajstić information content (AvgIpc) is 2.82. The van der Waals surface area contributed by atoms with Crippen LogP contribution in [0, 0.1) is 11.6 Å². The highest BCUT2D eigenvalue weighted by Gasteiger charge is 2.32. The molecular weight excluding hydrogens is 248 g/mol. The van der Waals surface area contributed by atoms with Crippen LogP contribution < -0.4 is 0 Å². The van der Waals surface area contributed by atoms with Crippen molar-refractivity contribution in [3.05, 3.63) is 65.0 Å². The van der Waals surface area contributed by atoms with Crippen molar-refractivity contribution in [2.75, 3.05) is 0 Å². The first-order valence-corrected chi connectivity index (χ1v) is 6.23. The molecule has 3 rings (SSSR count). The van der Waals surface area contributed by atoms with Crippen LogP contribution in [-0.4, -0.2) is 10.1 Å². The first-order chi connectivity index (χ1) is 9.16. The standard InChI is InChI=1S/C15H13F2NO/c16-10-4-6-11(13(17)8-10)15(19)12-5-3-9-2-1-7-18-14(9)12/h1-2,4,6-8,12,15,19H,3,5H2. The minimum atomic E-state index is -0.989. The predicted molar refractivity (Wildman–Crippen MR) is 66.6 cm³/mol. The van der Waals surface area contributed by atoms with Crippen molar-refractivity contribution in [3.63, 3.8) is 0 Å². The average molecular weight is 261 g/mol. The molecule has 0 saturated heterocycles. The van der Waals surface area contributed by atoms with Gasteiger partial charge in [0.05, 0.1) is 6.10 Å². The Morgan fingerprint density at radius 2 is 2.11 bits per heavy atom. The number of benzene rings is 1. The van der Waals surface area contributed by atoms with Gasteiger partial charge in [0.2, 0.25) is 0 Å². The van der Waals surface area contributed by atoms with Gasteiger partial charge in [-0.05, 0) is 30.5 Å². The Kier molecular flexibility index (Phi) is 3.03. The summed E-state index contributed by atoms with van der Waals surface area (Å²) in [4.78, 5) is 4.28. The number of aromatic nitrogens is 1. The van der Waals surface area contributed by atoms with Crippen LogP contribution in [0.25, 0.3) is 0 Å². The van der Waals surface area contributed by atoms with Gasteiger partial charge >= 0.3 is 0 Å². The molecule has 0 fully saturated rings. The number of pyridine rings is 1. The summed E-state index contributed by atoms with van der Waals surface area (Å²) in [5.74, 6) is -1.58. The van der Waals surface area contributed by atoms with E-state index in [9.17, 15) is 13.9 Å². The summed E-state index contributed by atoms with van der Waals surface area (Å²) in [7, 11) is 0. The first-order valence-electron chi connectivity index (χ1n) is 6.23. The van der Waals surface area contributed by atoms with Crippen LogP contribution in [0.2, 0.25) is 0 Å². The van der Waals surface area contributed by atoms with E-state index < -0.39 is 17.7 Å². The number of hydrogen-bond donors (Lipinski definition) is 1. The number of fused-ring (bicyclic) bond motifs is 1. The van der Waals surface area contributed by atoms with Gasteiger partial charge in [0.15, 0.2) is 0 Å². The van der Waals surface area contributed by atoms with Crippen LogP contribution in [0.3, 0.4) is 0 Å². The van der Waals surface area contributed by atoms with E-state index in [2.05, 4.69) is 4.98 Å². The zero-order valence-electron chi connectivity index (χ0n) is 10.2. The van der Waals surface area contributed by atoms with E-state index in [4.69, 9.17) is 0 Å². The van der Waals surface area contributed by atoms with Crippen molar-refractivity contribution in [1.29, 1.82) is 0 Å². The molecule has 1 aromatic heterocycles. The highest BCUT2D eigenvalue weighted by Crippen LogP contribution is 2.40. The largest absolute Gasteiger partial charge is 0.388 e. The molecule has 4 heteroatoms. The molecule has 0 spiro atoms. The third-order valence-electron chi connectivity index (χ3n) is 3.66. The Morgan fingerprint density at radius 3 is 2.89 bits per heavy atom. The number of aliphatic hydroxyl groups excluding tert-OH is 1. The summed E-state index contributed by atoms with van der Waals surface area (Å²) < 4.78 is 26.6. The molecule has 0 amide bonds. The number of hydrogen-bond acceptors (Lipinski definition) is 2. The lowest BCUT2D eigenvalue weighted by Gasteiger charge is -2.19. The molecule has 1 N–H and O–H groups in total. The fourth-order valence-corrected chi connectivity index (χ4v) is 2.71. The monoisotopic (exact) mass is 261 g/mol. The maximum atomic E-state index is 13.7. The van der Waals surface area contributed by atoms with Crippen molar-refractivity contribution in [2.45, 2.75) is 24.9 Å². The van der Waals surface area contributed by atoms with Gasteiger partial charge in [-0.2, -0.15) is 0 Å². The Balaban J connectivity index is 1.95. The number of aryl methyl sites for hydroxylation is 1. The van der Waals surface area contributed by atoms with E-state index >= 15 is 0 Å². The molecule has 2 atom stereocenters. The van der Waals surface area contributed by atoms with Crippen molar-refractivity contribution >= 4 is 0 Å². The van der Waals surface area contributed by atoms with Gasteiger partial charge in [0.1, 0.15) is 11.6 Å². The van der Waals surface area contributed by atoms with Crippen LogP contribution in [0.5, 0.6) is 0 Å². The van der Waals surface area contributed by atoms with Crippen LogP contribution in [0.1, 0.15) is 35.3 Å². The topological polar surface area (TPSA) is 33.1 Å². The van der Waals surface area contributed by atoms with Gasteiger partial charge in [-0.25, -0.2) is 8.78 Å². The van der Waals surface area contributed by atoms with Crippen LogP contribution >= 0.6 is 0 Å². The molecule has 19 heavy (non-hydrogen) atoms. The van der Waals surface area contributed by atoms with Crippen LogP contribution in [0.4, 0.5) is 8.78 Å². The molecule has 0 radical (unpaired) electrons. The maximum Gasteiger partial charge on any atom is 0.131 e. The third kappa shape index (κ3) is 2.12. The lowest BCUT2D eigenvalue weighted by atomic mass is 9.93. The van der Waals surface area contributed by atoms with Gasteiger partial charge in [0, 0.05) is 29.4 Å². The number of rotatable bonds is 2.